The molecule has 2 heterocycles. The number of rotatable bonds is 6. The Kier molecular flexibility index (Phi) is 6.40. The molecule has 1 saturated heterocycles. The highest BCUT2D eigenvalue weighted by Gasteiger charge is 2.36. The number of benzene rings is 1. The van der Waals surface area contributed by atoms with Gasteiger partial charge in [0.05, 0.1) is 17.9 Å². The van der Waals surface area contributed by atoms with Crippen molar-refractivity contribution >= 4 is 27.6 Å². The molecule has 4 rings (SSSR count). The second-order valence-electron chi connectivity index (χ2n) is 8.16. The monoisotopic (exact) mass is 462 g/mol. The molecule has 0 atom stereocenters. The summed E-state index contributed by atoms with van der Waals surface area (Å²) in [5, 5.41) is 19.5. The molecule has 1 aromatic carbocycles. The minimum absolute atomic E-state index is 0.238. The Hall–Kier alpha value is -2.63. The molecule has 174 valence electrons. The Bertz CT molecular complexity index is 1090. The Labute approximate surface area is 187 Å². The van der Waals surface area contributed by atoms with Crippen LogP contribution in [-0.4, -0.2) is 48.0 Å². The first-order valence-electron chi connectivity index (χ1n) is 10.8. The number of nitrogens with one attached hydrogen (secondary N) is 1. The fraction of sp³-hybridized carbons (Fsp3) is 0.524. The van der Waals surface area contributed by atoms with Crippen LogP contribution in [0.25, 0.3) is 0 Å². The van der Waals surface area contributed by atoms with Gasteiger partial charge in [-0.1, -0.05) is 13.0 Å². The molecule has 2 amide bonds. The van der Waals surface area contributed by atoms with Gasteiger partial charge in [-0.25, -0.2) is 9.10 Å². The van der Waals surface area contributed by atoms with Crippen molar-refractivity contribution in [1.29, 1.82) is 0 Å². The molecule has 1 N–H and O–H groups in total. The lowest BCUT2D eigenvalue weighted by atomic mass is 10.0. The zero-order valence-corrected chi connectivity index (χ0v) is 19.1. The fourth-order valence-electron chi connectivity index (χ4n) is 4.41. The van der Waals surface area contributed by atoms with Crippen LogP contribution >= 0.6 is 0 Å². The third kappa shape index (κ3) is 4.32. The zero-order valence-electron chi connectivity index (χ0n) is 18.3. The minimum atomic E-state index is -4.70. The maximum absolute atomic E-state index is 13.3. The van der Waals surface area contributed by atoms with Crippen molar-refractivity contribution < 1.29 is 17.9 Å². The van der Waals surface area contributed by atoms with Crippen LogP contribution in [0.4, 0.5) is 16.2 Å². The Balaban J connectivity index is 1.62. The summed E-state index contributed by atoms with van der Waals surface area (Å²) in [4.78, 5) is 12.8. The number of nitrogens with zero attached hydrogens (tertiary/aromatic N) is 4. The number of aryl methyl sites for hydroxylation is 3. The highest BCUT2D eigenvalue weighted by molar-refractivity contribution is 7.91. The molecule has 0 saturated carbocycles. The number of anilines is 2. The van der Waals surface area contributed by atoms with Crippen LogP contribution < -0.4 is 9.62 Å². The highest BCUT2D eigenvalue weighted by Crippen LogP contribution is 2.32. The molecule has 0 radical (unpaired) electrons. The molecule has 2 aliphatic rings. The van der Waals surface area contributed by atoms with Crippen molar-refractivity contribution in [2.24, 2.45) is 7.05 Å². The fourth-order valence-corrected chi connectivity index (χ4v) is 5.77. The van der Waals surface area contributed by atoms with Gasteiger partial charge in [0.2, 0.25) is 0 Å². The van der Waals surface area contributed by atoms with E-state index in [1.165, 1.54) is 17.1 Å². The summed E-state index contributed by atoms with van der Waals surface area (Å²) in [6.07, 6.45) is 7.13. The summed E-state index contributed by atoms with van der Waals surface area (Å²) in [5.41, 5.74) is 3.88. The maximum Gasteiger partial charge on any atom is 0.326 e. The smallest absolute Gasteiger partial charge is 0.326 e. The number of hydrogen-bond acceptors (Lipinski definition) is 6. The molecule has 1 aliphatic carbocycles. The molecular weight excluding hydrogens is 434 g/mol. The molecular formula is C21H28N5O5S-. The van der Waals surface area contributed by atoms with Crippen LogP contribution in [0.15, 0.2) is 24.5 Å². The number of hydroxylamine groups is 1. The quantitative estimate of drug-likeness (QED) is 0.659. The first kappa shape index (κ1) is 22.6. The van der Waals surface area contributed by atoms with Crippen molar-refractivity contribution in [2.45, 2.75) is 51.5 Å². The van der Waals surface area contributed by atoms with E-state index in [4.69, 9.17) is 4.74 Å². The molecule has 1 fully saturated rings. The number of aromatic nitrogens is 2. The van der Waals surface area contributed by atoms with E-state index in [9.17, 15) is 18.4 Å². The van der Waals surface area contributed by atoms with E-state index in [-0.39, 0.29) is 5.69 Å². The van der Waals surface area contributed by atoms with E-state index in [1.807, 2.05) is 13.0 Å². The van der Waals surface area contributed by atoms with Gasteiger partial charge in [0.1, 0.15) is 0 Å². The molecule has 2 aromatic rings. The van der Waals surface area contributed by atoms with E-state index in [1.54, 1.807) is 7.05 Å². The lowest BCUT2D eigenvalue weighted by Gasteiger charge is -2.39. The van der Waals surface area contributed by atoms with E-state index < -0.39 is 26.8 Å². The largest absolute Gasteiger partial charge is 0.740 e. The van der Waals surface area contributed by atoms with E-state index in [0.29, 0.717) is 31.7 Å². The number of amides is 2. The molecule has 1 aromatic heterocycles. The SMILES string of the molecule is CCc1cc2c(c(NC(=O)N([O-])S(=O)(=O)N(c3cnn(C)c3)C3CCOCC3)c1)CCC2. The number of urea groups is 1. The van der Waals surface area contributed by atoms with Gasteiger partial charge in [0.15, 0.2) is 0 Å². The van der Waals surface area contributed by atoms with Gasteiger partial charge in [-0.15, -0.1) is 0 Å². The lowest BCUT2D eigenvalue weighted by Crippen LogP contribution is -2.51. The summed E-state index contributed by atoms with van der Waals surface area (Å²) in [6, 6.07) is 2.20. The van der Waals surface area contributed by atoms with Gasteiger partial charge in [0.25, 0.3) is 0 Å². The first-order valence-corrected chi connectivity index (χ1v) is 12.2. The number of carbonyl (C=O) groups excluding carboxylic acids is 1. The Morgan fingerprint density at radius 3 is 2.72 bits per heavy atom. The molecule has 10 nitrogen and oxygen atoms in total. The number of ether oxygens (including phenoxy) is 1. The first-order chi connectivity index (χ1) is 15.3. The molecule has 0 bridgehead atoms. The third-order valence-electron chi connectivity index (χ3n) is 6.02. The molecule has 32 heavy (non-hydrogen) atoms. The number of fused-ring (bicyclic) bond motifs is 1. The van der Waals surface area contributed by atoms with Gasteiger partial charge in [-0.2, -0.15) is 13.5 Å². The second kappa shape index (κ2) is 9.08. The third-order valence-corrected chi connectivity index (χ3v) is 7.61. The number of carbonyl (C=O) groups is 1. The van der Waals surface area contributed by atoms with Gasteiger partial charge < -0.3 is 15.3 Å². The van der Waals surface area contributed by atoms with Crippen LogP contribution in [0.1, 0.15) is 42.9 Å². The van der Waals surface area contributed by atoms with E-state index in [0.717, 1.165) is 46.7 Å². The highest BCUT2D eigenvalue weighted by atomic mass is 32.2. The average Bonchev–Trinajstić information content (AvgIpc) is 3.42. The summed E-state index contributed by atoms with van der Waals surface area (Å²) in [6.45, 7) is 2.75. The topological polar surface area (TPSA) is 120 Å². The van der Waals surface area contributed by atoms with Gasteiger partial charge in [-0.3, -0.25) is 9.15 Å². The van der Waals surface area contributed by atoms with Crippen molar-refractivity contribution in [3.8, 4) is 0 Å². The Morgan fingerprint density at radius 1 is 1.31 bits per heavy atom. The van der Waals surface area contributed by atoms with Crippen molar-refractivity contribution in [1.82, 2.24) is 14.2 Å². The van der Waals surface area contributed by atoms with Crippen LogP contribution in [0.2, 0.25) is 0 Å². The van der Waals surface area contributed by atoms with Crippen LogP contribution in [0.3, 0.4) is 0 Å². The summed E-state index contributed by atoms with van der Waals surface area (Å²) in [5.74, 6) is 0. The van der Waals surface area contributed by atoms with Crippen LogP contribution in [-0.2, 0) is 41.3 Å². The van der Waals surface area contributed by atoms with Crippen LogP contribution in [0, 0.1) is 5.21 Å². The molecule has 0 unspecified atom stereocenters. The van der Waals surface area contributed by atoms with Crippen LogP contribution in [0.5, 0.6) is 0 Å². The van der Waals surface area contributed by atoms with Crippen molar-refractivity contribution in [2.75, 3.05) is 22.8 Å². The van der Waals surface area contributed by atoms with Gasteiger partial charge in [-0.05, 0) is 61.3 Å². The summed E-state index contributed by atoms with van der Waals surface area (Å²) in [7, 11) is -3.05. The summed E-state index contributed by atoms with van der Waals surface area (Å²) < 4.78 is 34.0. The normalized spacial score (nSPS) is 16.6. The molecule has 11 heteroatoms. The standard InChI is InChI=1S/C21H28N5O5S/c1-3-15-11-16-5-4-6-19(16)20(12-15)23-21(27)26(28)32(29,30)25(17-7-9-31-10-8-17)18-13-22-24(2)14-18/h11-14,17H,3-10H2,1-2H3,(H,23,27)/q-1. The van der Waals surface area contributed by atoms with E-state index in [2.05, 4.69) is 16.5 Å². The lowest BCUT2D eigenvalue weighted by molar-refractivity contribution is 0.0874. The zero-order chi connectivity index (χ0) is 22.9. The van der Waals surface area contributed by atoms with Crippen molar-refractivity contribution in [3.05, 3.63) is 46.4 Å². The predicted molar refractivity (Wildman–Crippen MR) is 121 cm³/mol. The van der Waals surface area contributed by atoms with Crippen molar-refractivity contribution in [3.63, 3.8) is 0 Å². The molecule has 0 spiro atoms. The minimum Gasteiger partial charge on any atom is -0.740 e. The van der Waals surface area contributed by atoms with Gasteiger partial charge >= 0.3 is 16.2 Å². The summed E-state index contributed by atoms with van der Waals surface area (Å²) >= 11 is 0. The second-order valence-corrected chi connectivity index (χ2v) is 9.79. The maximum atomic E-state index is 13.3. The number of hydrogen-bond donors (Lipinski definition) is 1. The average molecular weight is 463 g/mol. The Morgan fingerprint density at radius 2 is 2.06 bits per heavy atom. The predicted octanol–water partition coefficient (Wildman–Crippen LogP) is 2.73. The van der Waals surface area contributed by atoms with E-state index >= 15 is 0 Å². The van der Waals surface area contributed by atoms with Gasteiger partial charge in [0, 0.05) is 32.1 Å². The molecule has 1 aliphatic heterocycles.